The van der Waals surface area contributed by atoms with Gasteiger partial charge in [0.15, 0.2) is 10.6 Å². The predicted octanol–water partition coefficient (Wildman–Crippen LogP) is 2.67. The predicted molar refractivity (Wildman–Crippen MR) is 107 cm³/mol. The normalized spacial score (nSPS) is 13.4. The summed E-state index contributed by atoms with van der Waals surface area (Å²) in [7, 11) is 2.09. The second-order valence-electron chi connectivity index (χ2n) is 6.37. The van der Waals surface area contributed by atoms with Crippen molar-refractivity contribution >= 4 is 16.9 Å². The maximum absolute atomic E-state index is 11.6. The van der Waals surface area contributed by atoms with E-state index in [1.54, 1.807) is 12.1 Å². The molecule has 0 saturated heterocycles. The zero-order chi connectivity index (χ0) is 18.9. The van der Waals surface area contributed by atoms with Crippen molar-refractivity contribution in [3.8, 4) is 5.75 Å². The summed E-state index contributed by atoms with van der Waals surface area (Å²) in [5.41, 5.74) is 1.87. The average Bonchev–Trinajstić information content (AvgIpc) is 2.65. The first kappa shape index (κ1) is 20.6. The Hall–Kier alpha value is -1.73. The highest BCUT2D eigenvalue weighted by Gasteiger charge is 2.15. The van der Waals surface area contributed by atoms with Gasteiger partial charge in [0.25, 0.3) is 0 Å². The molecule has 2 atom stereocenters. The number of nitrogens with zero attached hydrogens (tertiary/aromatic N) is 1. The van der Waals surface area contributed by atoms with Gasteiger partial charge in [0, 0.05) is 31.9 Å². The number of aliphatic hydroxyl groups is 1. The van der Waals surface area contributed by atoms with E-state index in [2.05, 4.69) is 29.4 Å². The Bertz CT molecular complexity index is 667. The molecule has 0 radical (unpaired) electrons. The lowest BCUT2D eigenvalue weighted by atomic mass is 10.1. The number of nitrogens with one attached hydrogen (secondary N) is 1. The number of hydrogen-bond acceptors (Lipinski definition) is 5. The fourth-order valence-corrected chi connectivity index (χ4v) is 3.40. The van der Waals surface area contributed by atoms with Gasteiger partial charge in [-0.2, -0.15) is 0 Å². The van der Waals surface area contributed by atoms with E-state index in [1.165, 1.54) is 18.0 Å². The molecule has 5 nitrogen and oxygen atoms in total. The molecule has 0 aliphatic rings. The maximum atomic E-state index is 11.6. The first-order valence-electron chi connectivity index (χ1n) is 8.80. The summed E-state index contributed by atoms with van der Waals surface area (Å²) in [5, 5.41) is 23.2. The molecule has 0 amide bonds. The van der Waals surface area contributed by atoms with Gasteiger partial charge in [0.1, 0.15) is 6.26 Å². The van der Waals surface area contributed by atoms with Gasteiger partial charge in [0.05, 0.1) is 6.10 Å². The van der Waals surface area contributed by atoms with E-state index in [0.29, 0.717) is 17.0 Å². The van der Waals surface area contributed by atoms with Crippen LogP contribution in [0.5, 0.6) is 5.75 Å². The molecule has 0 aliphatic carbocycles. The van der Waals surface area contributed by atoms with Crippen LogP contribution < -0.4 is 10.2 Å². The number of anilines is 1. The van der Waals surface area contributed by atoms with E-state index in [0.717, 1.165) is 25.9 Å². The second kappa shape index (κ2) is 10.4. The van der Waals surface area contributed by atoms with Crippen molar-refractivity contribution in [3.05, 3.63) is 54.1 Å². The highest BCUT2D eigenvalue weighted by molar-refractivity contribution is 7.90. The molecule has 2 unspecified atom stereocenters. The summed E-state index contributed by atoms with van der Waals surface area (Å²) in [6, 6.07) is 15.0. The third-order valence-corrected chi connectivity index (χ3v) is 5.26. The van der Waals surface area contributed by atoms with Crippen LogP contribution in [0.15, 0.2) is 53.4 Å². The number of unbranched alkanes of at least 4 members (excludes halogenated alkanes) is 1. The van der Waals surface area contributed by atoms with Crippen LogP contribution in [0.25, 0.3) is 0 Å². The van der Waals surface area contributed by atoms with Gasteiger partial charge in [-0.05, 0) is 54.3 Å². The summed E-state index contributed by atoms with van der Waals surface area (Å²) in [4.78, 5) is 2.59. The summed E-state index contributed by atoms with van der Waals surface area (Å²) < 4.78 is 11.6. The lowest BCUT2D eigenvalue weighted by Gasteiger charge is -2.19. The Kier molecular flexibility index (Phi) is 8.25. The van der Waals surface area contributed by atoms with Crippen LogP contribution in [0.1, 0.15) is 24.5 Å². The van der Waals surface area contributed by atoms with Crippen molar-refractivity contribution in [1.29, 1.82) is 0 Å². The van der Waals surface area contributed by atoms with E-state index in [-0.39, 0.29) is 5.75 Å². The molecule has 2 aromatic carbocycles. The van der Waals surface area contributed by atoms with Gasteiger partial charge in [-0.25, -0.2) is 0 Å². The summed E-state index contributed by atoms with van der Waals surface area (Å²) in [6.45, 7) is 2.23. The molecule has 142 valence electrons. The largest absolute Gasteiger partial charge is 0.612 e. The van der Waals surface area contributed by atoms with E-state index in [4.69, 9.17) is 0 Å². The Labute approximate surface area is 158 Å². The molecular weight excluding hydrogens is 348 g/mol. The van der Waals surface area contributed by atoms with Crippen LogP contribution in [0, 0.1) is 0 Å². The van der Waals surface area contributed by atoms with Crippen LogP contribution in [0.2, 0.25) is 0 Å². The molecule has 0 aliphatic heterocycles. The number of aromatic hydroxyl groups is 1. The maximum Gasteiger partial charge on any atom is 0.194 e. The number of para-hydroxylation sites is 1. The highest BCUT2D eigenvalue weighted by Crippen LogP contribution is 2.26. The minimum Gasteiger partial charge on any atom is -0.612 e. The minimum absolute atomic E-state index is 0.00252. The van der Waals surface area contributed by atoms with Crippen molar-refractivity contribution in [1.82, 2.24) is 5.32 Å². The van der Waals surface area contributed by atoms with E-state index in [1.807, 2.05) is 18.2 Å². The van der Waals surface area contributed by atoms with E-state index in [9.17, 15) is 14.8 Å². The quantitative estimate of drug-likeness (QED) is 0.439. The number of aliphatic hydroxyl groups excluding tert-OH is 1. The summed E-state index contributed by atoms with van der Waals surface area (Å²) in [6.07, 6.45) is 2.90. The molecule has 0 heterocycles. The van der Waals surface area contributed by atoms with Crippen LogP contribution in [0.3, 0.4) is 0 Å². The first-order valence-corrected chi connectivity index (χ1v) is 10.4. The topological polar surface area (TPSA) is 78.8 Å². The zero-order valence-electron chi connectivity index (χ0n) is 15.4. The molecule has 6 heteroatoms. The third kappa shape index (κ3) is 6.21. The minimum atomic E-state index is -1.28. The summed E-state index contributed by atoms with van der Waals surface area (Å²) in [5.74, 6) is -0.00252. The van der Waals surface area contributed by atoms with Crippen molar-refractivity contribution in [2.75, 3.05) is 37.8 Å². The van der Waals surface area contributed by atoms with Gasteiger partial charge < -0.3 is 25.0 Å². The van der Waals surface area contributed by atoms with E-state index >= 15 is 0 Å². The second-order valence-corrected chi connectivity index (χ2v) is 7.71. The standard InChI is InChI=1S/C20H28N2O3S/c1-22(17-8-4-3-5-9-17)13-7-6-12-21-15-19(24)16-10-11-18(23)20(14-16)26(2)25/h3-5,8-11,14,19,21,23-24H,6-7,12-13,15H2,1-2H3. The van der Waals surface area contributed by atoms with Crippen LogP contribution >= 0.6 is 0 Å². The number of phenolic OH excluding ortho intramolecular Hbond substituents is 1. The lowest BCUT2D eigenvalue weighted by Crippen LogP contribution is -2.24. The number of hydrogen-bond donors (Lipinski definition) is 3. The Morgan fingerprint density at radius 2 is 1.88 bits per heavy atom. The van der Waals surface area contributed by atoms with Gasteiger partial charge in [0.2, 0.25) is 0 Å². The van der Waals surface area contributed by atoms with Crippen LogP contribution in [-0.4, -0.2) is 47.7 Å². The number of rotatable bonds is 10. The van der Waals surface area contributed by atoms with Gasteiger partial charge in [-0.15, -0.1) is 0 Å². The molecule has 0 spiro atoms. The molecule has 3 N–H and O–H groups in total. The molecule has 2 aromatic rings. The lowest BCUT2D eigenvalue weighted by molar-refractivity contribution is 0.174. The first-order chi connectivity index (χ1) is 12.5. The average molecular weight is 377 g/mol. The third-order valence-electron chi connectivity index (χ3n) is 4.31. The smallest absolute Gasteiger partial charge is 0.194 e. The molecule has 0 bridgehead atoms. The van der Waals surface area contributed by atoms with Crippen LogP contribution in [-0.2, 0) is 11.2 Å². The van der Waals surface area contributed by atoms with Gasteiger partial charge >= 0.3 is 0 Å². The van der Waals surface area contributed by atoms with Crippen molar-refractivity contribution in [3.63, 3.8) is 0 Å². The Morgan fingerprint density at radius 3 is 2.58 bits per heavy atom. The molecule has 0 fully saturated rings. The Morgan fingerprint density at radius 1 is 1.15 bits per heavy atom. The number of phenols is 1. The van der Waals surface area contributed by atoms with Gasteiger partial charge in [-0.3, -0.25) is 0 Å². The Balaban J connectivity index is 1.67. The fraction of sp³-hybridized carbons (Fsp3) is 0.400. The highest BCUT2D eigenvalue weighted by atomic mass is 32.2. The van der Waals surface area contributed by atoms with Gasteiger partial charge in [-0.1, -0.05) is 24.3 Å². The molecule has 26 heavy (non-hydrogen) atoms. The zero-order valence-corrected chi connectivity index (χ0v) is 16.2. The molecule has 0 aromatic heterocycles. The van der Waals surface area contributed by atoms with E-state index < -0.39 is 17.3 Å². The molecular formula is C20H28N2O3S. The van der Waals surface area contributed by atoms with Crippen molar-refractivity contribution in [2.24, 2.45) is 0 Å². The fourth-order valence-electron chi connectivity index (χ4n) is 2.74. The molecule has 0 saturated carbocycles. The van der Waals surface area contributed by atoms with Crippen molar-refractivity contribution < 1.29 is 14.8 Å². The van der Waals surface area contributed by atoms with Crippen molar-refractivity contribution in [2.45, 2.75) is 23.8 Å². The van der Waals surface area contributed by atoms with Crippen LogP contribution in [0.4, 0.5) is 5.69 Å². The summed E-state index contributed by atoms with van der Waals surface area (Å²) >= 11 is -1.28. The SMILES string of the molecule is CN(CCCCNCC(O)c1ccc(O)c([S+](C)[O-])c1)c1ccccc1. The monoisotopic (exact) mass is 376 g/mol. The number of benzene rings is 2. The molecule has 2 rings (SSSR count).